The molecule has 3 aromatic rings. The molecule has 154 valence electrons. The van der Waals surface area contributed by atoms with Crippen molar-refractivity contribution < 1.29 is 9.59 Å². The highest BCUT2D eigenvalue weighted by Crippen LogP contribution is 2.32. The molecule has 6 heteroatoms. The SMILES string of the molecule is CC(=Cc1ccccc1)C=C1SC(=S)N(CC(=O)Nc2ccc3ccccc3c2)C1=O. The fourth-order valence-electron chi connectivity index (χ4n) is 3.31. The molecular weight excluding hydrogens is 424 g/mol. The van der Waals surface area contributed by atoms with E-state index in [1.165, 1.54) is 16.7 Å². The summed E-state index contributed by atoms with van der Waals surface area (Å²) in [5.74, 6) is -0.533. The highest BCUT2D eigenvalue weighted by molar-refractivity contribution is 8.26. The molecule has 0 unspecified atom stereocenters. The van der Waals surface area contributed by atoms with Crippen molar-refractivity contribution in [2.75, 3.05) is 11.9 Å². The van der Waals surface area contributed by atoms with Gasteiger partial charge in [-0.1, -0.05) is 90.7 Å². The van der Waals surface area contributed by atoms with Crippen LogP contribution in [0.5, 0.6) is 0 Å². The Labute approximate surface area is 190 Å². The van der Waals surface area contributed by atoms with E-state index in [1.54, 1.807) is 0 Å². The molecule has 3 aromatic carbocycles. The van der Waals surface area contributed by atoms with Gasteiger partial charge in [0.15, 0.2) is 0 Å². The average Bonchev–Trinajstić information content (AvgIpc) is 3.01. The summed E-state index contributed by atoms with van der Waals surface area (Å²) >= 11 is 6.57. The summed E-state index contributed by atoms with van der Waals surface area (Å²) in [4.78, 5) is 27.2. The summed E-state index contributed by atoms with van der Waals surface area (Å²) in [6.07, 6.45) is 3.81. The van der Waals surface area contributed by atoms with E-state index in [0.29, 0.717) is 14.9 Å². The first-order chi connectivity index (χ1) is 15.0. The fraction of sp³-hybridized carbons (Fsp3) is 0.0800. The minimum Gasteiger partial charge on any atom is -0.325 e. The predicted octanol–water partition coefficient (Wildman–Crippen LogP) is 5.63. The van der Waals surface area contributed by atoms with Gasteiger partial charge in [0, 0.05) is 5.69 Å². The first kappa shape index (κ1) is 21.0. The summed E-state index contributed by atoms with van der Waals surface area (Å²) < 4.78 is 0.387. The van der Waals surface area contributed by atoms with Crippen LogP contribution in [0.4, 0.5) is 5.69 Å². The summed E-state index contributed by atoms with van der Waals surface area (Å²) in [6.45, 7) is 1.82. The second-order valence-electron chi connectivity index (χ2n) is 7.18. The Morgan fingerprint density at radius 1 is 1.03 bits per heavy atom. The van der Waals surface area contributed by atoms with E-state index in [2.05, 4.69) is 5.32 Å². The van der Waals surface area contributed by atoms with E-state index in [9.17, 15) is 9.59 Å². The number of carbonyl (C=O) groups excluding carboxylic acids is 2. The smallest absolute Gasteiger partial charge is 0.266 e. The summed E-state index contributed by atoms with van der Waals surface area (Å²) in [6, 6.07) is 23.5. The average molecular weight is 445 g/mol. The highest BCUT2D eigenvalue weighted by atomic mass is 32.2. The minimum atomic E-state index is -0.288. The summed E-state index contributed by atoms with van der Waals surface area (Å²) in [5.41, 5.74) is 2.68. The van der Waals surface area contributed by atoms with Crippen molar-refractivity contribution in [1.29, 1.82) is 0 Å². The molecule has 1 fully saturated rings. The monoisotopic (exact) mass is 444 g/mol. The van der Waals surface area contributed by atoms with E-state index in [4.69, 9.17) is 12.2 Å². The van der Waals surface area contributed by atoms with Crippen LogP contribution in [0.25, 0.3) is 16.8 Å². The number of fused-ring (bicyclic) bond motifs is 1. The van der Waals surface area contributed by atoms with Crippen molar-refractivity contribution in [2.24, 2.45) is 0 Å². The van der Waals surface area contributed by atoms with Gasteiger partial charge in [-0.05, 0) is 47.0 Å². The Balaban J connectivity index is 1.43. The van der Waals surface area contributed by atoms with Gasteiger partial charge in [0.1, 0.15) is 10.9 Å². The van der Waals surface area contributed by atoms with Gasteiger partial charge in [0.05, 0.1) is 4.91 Å². The zero-order valence-electron chi connectivity index (χ0n) is 16.9. The van der Waals surface area contributed by atoms with Gasteiger partial charge in [0.2, 0.25) is 5.91 Å². The molecule has 0 spiro atoms. The van der Waals surface area contributed by atoms with Gasteiger partial charge < -0.3 is 5.32 Å². The molecule has 1 saturated heterocycles. The zero-order chi connectivity index (χ0) is 21.8. The van der Waals surface area contributed by atoms with Gasteiger partial charge in [-0.2, -0.15) is 0 Å². The molecule has 1 heterocycles. The fourth-order valence-corrected chi connectivity index (χ4v) is 4.61. The molecule has 0 radical (unpaired) electrons. The third-order valence-corrected chi connectivity index (χ3v) is 6.14. The quantitative estimate of drug-likeness (QED) is 0.410. The lowest BCUT2D eigenvalue weighted by Gasteiger charge is -2.14. The number of nitrogens with one attached hydrogen (secondary N) is 1. The molecule has 0 saturated carbocycles. The number of nitrogens with zero attached hydrogens (tertiary/aromatic N) is 1. The van der Waals surface area contributed by atoms with Crippen molar-refractivity contribution in [3.8, 4) is 0 Å². The van der Waals surface area contributed by atoms with Crippen LogP contribution >= 0.6 is 24.0 Å². The van der Waals surface area contributed by atoms with Crippen molar-refractivity contribution in [3.05, 3.63) is 94.9 Å². The molecular formula is C25H20N2O2S2. The van der Waals surface area contributed by atoms with Crippen LogP contribution in [-0.4, -0.2) is 27.6 Å². The molecule has 1 aliphatic heterocycles. The molecule has 0 bridgehead atoms. The van der Waals surface area contributed by atoms with Crippen LogP contribution in [0, 0.1) is 0 Å². The Morgan fingerprint density at radius 3 is 2.52 bits per heavy atom. The summed E-state index contributed by atoms with van der Waals surface area (Å²) in [7, 11) is 0. The number of carbonyl (C=O) groups is 2. The van der Waals surface area contributed by atoms with Crippen LogP contribution in [-0.2, 0) is 9.59 Å². The first-order valence-electron chi connectivity index (χ1n) is 9.77. The molecule has 4 nitrogen and oxygen atoms in total. The van der Waals surface area contributed by atoms with Gasteiger partial charge in [-0.15, -0.1) is 0 Å². The van der Waals surface area contributed by atoms with Gasteiger partial charge >= 0.3 is 0 Å². The second kappa shape index (κ2) is 9.29. The van der Waals surface area contributed by atoms with Crippen LogP contribution in [0.1, 0.15) is 12.5 Å². The van der Waals surface area contributed by atoms with Gasteiger partial charge in [0.25, 0.3) is 5.91 Å². The zero-order valence-corrected chi connectivity index (χ0v) is 18.5. The molecule has 4 rings (SSSR count). The lowest BCUT2D eigenvalue weighted by Crippen LogP contribution is -2.36. The Morgan fingerprint density at radius 2 is 1.74 bits per heavy atom. The van der Waals surface area contributed by atoms with E-state index in [1.807, 2.05) is 91.9 Å². The van der Waals surface area contributed by atoms with Crippen molar-refractivity contribution in [1.82, 2.24) is 4.90 Å². The largest absolute Gasteiger partial charge is 0.325 e. The molecule has 0 aliphatic carbocycles. The number of rotatable bonds is 5. The number of amides is 2. The summed E-state index contributed by atoms with van der Waals surface area (Å²) in [5, 5.41) is 4.99. The van der Waals surface area contributed by atoms with Crippen LogP contribution in [0.3, 0.4) is 0 Å². The maximum Gasteiger partial charge on any atom is 0.266 e. The normalized spacial score (nSPS) is 15.7. The van der Waals surface area contributed by atoms with Crippen molar-refractivity contribution in [2.45, 2.75) is 6.92 Å². The van der Waals surface area contributed by atoms with Crippen molar-refractivity contribution >= 4 is 62.7 Å². The van der Waals surface area contributed by atoms with Crippen molar-refractivity contribution in [3.63, 3.8) is 0 Å². The predicted molar refractivity (Wildman–Crippen MR) is 133 cm³/mol. The number of anilines is 1. The molecule has 1 aliphatic rings. The lowest BCUT2D eigenvalue weighted by molar-refractivity contribution is -0.126. The second-order valence-corrected chi connectivity index (χ2v) is 8.85. The number of benzene rings is 3. The van der Waals surface area contributed by atoms with E-state index in [-0.39, 0.29) is 18.4 Å². The van der Waals surface area contributed by atoms with Crippen LogP contribution in [0.15, 0.2) is 89.4 Å². The van der Waals surface area contributed by atoms with E-state index < -0.39 is 0 Å². The maximum atomic E-state index is 12.8. The molecule has 1 N–H and O–H groups in total. The molecule has 0 aromatic heterocycles. The standard InChI is InChI=1S/C25H20N2O2S2/c1-17(13-18-7-3-2-4-8-18)14-22-24(29)27(25(30)31-22)16-23(28)26-21-12-11-19-9-5-6-10-20(19)15-21/h2-15H,16H2,1H3,(H,26,28). The molecule has 0 atom stereocenters. The minimum absolute atomic E-state index is 0.115. The Bertz CT molecular complexity index is 1230. The number of hydrogen-bond donors (Lipinski definition) is 1. The Kier molecular flexibility index (Phi) is 6.30. The third-order valence-electron chi connectivity index (χ3n) is 4.76. The van der Waals surface area contributed by atoms with E-state index in [0.717, 1.165) is 21.9 Å². The lowest BCUT2D eigenvalue weighted by atomic mass is 10.1. The van der Waals surface area contributed by atoms with Gasteiger partial charge in [-0.25, -0.2) is 0 Å². The maximum absolute atomic E-state index is 12.8. The molecule has 2 amide bonds. The third kappa shape index (κ3) is 5.10. The van der Waals surface area contributed by atoms with E-state index >= 15 is 0 Å². The first-order valence-corrected chi connectivity index (χ1v) is 11.0. The van der Waals surface area contributed by atoms with Crippen LogP contribution in [0.2, 0.25) is 0 Å². The number of thiocarbonyl (C=S) groups is 1. The topological polar surface area (TPSA) is 49.4 Å². The van der Waals surface area contributed by atoms with Crippen LogP contribution < -0.4 is 5.32 Å². The Hall–Kier alpha value is -3.22. The van der Waals surface area contributed by atoms with Gasteiger partial charge in [-0.3, -0.25) is 14.5 Å². The molecule has 31 heavy (non-hydrogen) atoms. The number of hydrogen-bond acceptors (Lipinski definition) is 4. The number of allylic oxidation sites excluding steroid dienone is 2. The highest BCUT2D eigenvalue weighted by Gasteiger charge is 2.33. The number of thioether (sulfide) groups is 1.